The number of hydrogen-bond acceptors (Lipinski definition) is 4. The molecule has 0 bridgehead atoms. The van der Waals surface area contributed by atoms with Crippen LogP contribution >= 0.6 is 0 Å². The predicted octanol–water partition coefficient (Wildman–Crippen LogP) is 1.15. The van der Waals surface area contributed by atoms with Crippen LogP contribution in [0.1, 0.15) is 42.4 Å². The molecule has 17 heavy (non-hydrogen) atoms. The van der Waals surface area contributed by atoms with Gasteiger partial charge in [-0.2, -0.15) is 0 Å². The van der Waals surface area contributed by atoms with Gasteiger partial charge in [0.05, 0.1) is 6.61 Å². The Morgan fingerprint density at radius 2 is 2.29 bits per heavy atom. The zero-order valence-corrected chi connectivity index (χ0v) is 9.94. The van der Waals surface area contributed by atoms with Crippen LogP contribution in [0.15, 0.2) is 11.0 Å². The van der Waals surface area contributed by atoms with Crippen LogP contribution in [0.2, 0.25) is 0 Å². The summed E-state index contributed by atoms with van der Waals surface area (Å²) in [5.41, 5.74) is -0.229. The highest BCUT2D eigenvalue weighted by atomic mass is 16.5. The maximum absolute atomic E-state index is 12.1. The van der Waals surface area contributed by atoms with E-state index in [1.807, 2.05) is 0 Å². The minimum absolute atomic E-state index is 0.0394. The van der Waals surface area contributed by atoms with E-state index in [4.69, 9.17) is 4.74 Å². The lowest BCUT2D eigenvalue weighted by molar-refractivity contribution is 0.0522. The topological polar surface area (TPSA) is 61.2 Å². The minimum Gasteiger partial charge on any atom is -0.462 e. The Kier molecular flexibility index (Phi) is 3.56. The second-order valence-electron chi connectivity index (χ2n) is 4.08. The molecule has 0 saturated carbocycles. The van der Waals surface area contributed by atoms with Crippen molar-refractivity contribution in [3.05, 3.63) is 27.9 Å². The van der Waals surface area contributed by atoms with E-state index in [-0.39, 0.29) is 17.7 Å². The van der Waals surface area contributed by atoms with Crippen LogP contribution < -0.4 is 5.56 Å². The maximum Gasteiger partial charge on any atom is 0.345 e. The molecular formula is C12H16N2O3. The lowest BCUT2D eigenvalue weighted by Gasteiger charge is -2.09. The van der Waals surface area contributed by atoms with Gasteiger partial charge in [-0.3, -0.25) is 9.36 Å². The third kappa shape index (κ3) is 2.38. The SMILES string of the molecule is CCOC(=O)c1cnc2n(c1=O)CCCCC2. The van der Waals surface area contributed by atoms with Crippen molar-refractivity contribution in [1.82, 2.24) is 9.55 Å². The molecule has 2 heterocycles. The average Bonchev–Trinajstić information content (AvgIpc) is 2.55. The summed E-state index contributed by atoms with van der Waals surface area (Å²) in [5, 5.41) is 0. The first-order valence-electron chi connectivity index (χ1n) is 6.00. The Balaban J connectivity index is 2.41. The number of esters is 1. The van der Waals surface area contributed by atoms with E-state index in [0.717, 1.165) is 31.5 Å². The van der Waals surface area contributed by atoms with Gasteiger partial charge in [0.2, 0.25) is 0 Å². The number of carbonyl (C=O) groups is 1. The molecule has 0 radical (unpaired) electrons. The van der Waals surface area contributed by atoms with Gasteiger partial charge in [0.25, 0.3) is 5.56 Å². The third-order valence-electron chi connectivity index (χ3n) is 2.91. The van der Waals surface area contributed by atoms with Crippen LogP contribution in [-0.2, 0) is 17.7 Å². The highest BCUT2D eigenvalue weighted by Gasteiger charge is 2.18. The van der Waals surface area contributed by atoms with Crippen molar-refractivity contribution in [1.29, 1.82) is 0 Å². The average molecular weight is 236 g/mol. The van der Waals surface area contributed by atoms with Gasteiger partial charge >= 0.3 is 5.97 Å². The van der Waals surface area contributed by atoms with Crippen molar-refractivity contribution in [2.24, 2.45) is 0 Å². The summed E-state index contributed by atoms with van der Waals surface area (Å²) in [4.78, 5) is 27.9. The van der Waals surface area contributed by atoms with E-state index in [0.29, 0.717) is 6.54 Å². The van der Waals surface area contributed by atoms with Crippen LogP contribution in [0.4, 0.5) is 0 Å². The fraction of sp³-hybridized carbons (Fsp3) is 0.583. The molecule has 0 saturated heterocycles. The van der Waals surface area contributed by atoms with Crippen molar-refractivity contribution in [2.75, 3.05) is 6.61 Å². The largest absolute Gasteiger partial charge is 0.462 e. The van der Waals surface area contributed by atoms with Crippen LogP contribution in [0.25, 0.3) is 0 Å². The van der Waals surface area contributed by atoms with E-state index >= 15 is 0 Å². The highest BCUT2D eigenvalue weighted by Crippen LogP contribution is 2.10. The summed E-state index contributed by atoms with van der Waals surface area (Å²) in [5.74, 6) is 0.199. The van der Waals surface area contributed by atoms with Crippen molar-refractivity contribution in [3.63, 3.8) is 0 Å². The van der Waals surface area contributed by atoms with Gasteiger partial charge < -0.3 is 4.74 Å². The molecule has 92 valence electrons. The molecule has 2 rings (SSSR count). The van der Waals surface area contributed by atoms with Gasteiger partial charge in [0.15, 0.2) is 0 Å². The van der Waals surface area contributed by atoms with Crippen LogP contribution in [0.3, 0.4) is 0 Å². The molecule has 0 aromatic carbocycles. The number of nitrogens with zero attached hydrogens (tertiary/aromatic N) is 2. The van der Waals surface area contributed by atoms with Crippen LogP contribution in [-0.4, -0.2) is 22.1 Å². The number of ether oxygens (including phenoxy) is 1. The molecule has 1 aromatic rings. The number of aromatic nitrogens is 2. The first kappa shape index (κ1) is 11.8. The monoisotopic (exact) mass is 236 g/mol. The third-order valence-corrected chi connectivity index (χ3v) is 2.91. The molecule has 1 aliphatic heterocycles. The summed E-state index contributed by atoms with van der Waals surface area (Å²) >= 11 is 0. The Hall–Kier alpha value is -1.65. The normalized spacial score (nSPS) is 14.9. The maximum atomic E-state index is 12.1. The highest BCUT2D eigenvalue weighted by molar-refractivity contribution is 5.88. The first-order chi connectivity index (χ1) is 8.24. The van der Waals surface area contributed by atoms with Crippen LogP contribution in [0.5, 0.6) is 0 Å². The molecule has 0 N–H and O–H groups in total. The van der Waals surface area contributed by atoms with Crippen molar-refractivity contribution < 1.29 is 9.53 Å². The van der Waals surface area contributed by atoms with Gasteiger partial charge in [-0.05, 0) is 19.8 Å². The van der Waals surface area contributed by atoms with Crippen molar-refractivity contribution >= 4 is 5.97 Å². The molecule has 0 unspecified atom stereocenters. The fourth-order valence-corrected chi connectivity index (χ4v) is 2.04. The molecule has 0 amide bonds. The summed E-state index contributed by atoms with van der Waals surface area (Å²) in [7, 11) is 0. The Labute approximate surface area is 99.4 Å². The van der Waals surface area contributed by atoms with E-state index in [1.54, 1.807) is 11.5 Å². The Bertz CT molecular complexity index is 479. The number of rotatable bonds is 2. The second-order valence-corrected chi connectivity index (χ2v) is 4.08. The predicted molar refractivity (Wildman–Crippen MR) is 62.0 cm³/mol. The zero-order chi connectivity index (χ0) is 12.3. The number of hydrogen-bond donors (Lipinski definition) is 0. The van der Waals surface area contributed by atoms with E-state index in [2.05, 4.69) is 4.98 Å². The number of aryl methyl sites for hydroxylation is 1. The molecule has 0 atom stereocenters. The molecule has 5 nitrogen and oxygen atoms in total. The molecule has 0 spiro atoms. The van der Waals surface area contributed by atoms with Gasteiger partial charge in [-0.1, -0.05) is 6.42 Å². The van der Waals surface area contributed by atoms with Crippen molar-refractivity contribution in [2.45, 2.75) is 39.2 Å². The summed E-state index contributed by atoms with van der Waals surface area (Å²) in [6.45, 7) is 2.63. The molecule has 5 heteroatoms. The van der Waals surface area contributed by atoms with Gasteiger partial charge in [-0.25, -0.2) is 9.78 Å². The lowest BCUT2D eigenvalue weighted by atomic mass is 10.2. The minimum atomic E-state index is -0.579. The quantitative estimate of drug-likeness (QED) is 0.722. The Morgan fingerprint density at radius 1 is 1.47 bits per heavy atom. The molecule has 0 aliphatic carbocycles. The van der Waals surface area contributed by atoms with E-state index in [9.17, 15) is 9.59 Å². The molecule has 1 aromatic heterocycles. The zero-order valence-electron chi connectivity index (χ0n) is 9.94. The molecule has 1 aliphatic rings. The fourth-order valence-electron chi connectivity index (χ4n) is 2.04. The van der Waals surface area contributed by atoms with Crippen molar-refractivity contribution in [3.8, 4) is 0 Å². The lowest BCUT2D eigenvalue weighted by Crippen LogP contribution is -2.30. The van der Waals surface area contributed by atoms with E-state index < -0.39 is 5.97 Å². The van der Waals surface area contributed by atoms with Gasteiger partial charge in [-0.15, -0.1) is 0 Å². The summed E-state index contributed by atoms with van der Waals surface area (Å²) < 4.78 is 6.45. The summed E-state index contributed by atoms with van der Waals surface area (Å²) in [6, 6.07) is 0. The standard InChI is InChI=1S/C12H16N2O3/c1-2-17-12(16)9-8-13-10-6-4-3-5-7-14(10)11(9)15/h8H,2-7H2,1H3. The molecular weight excluding hydrogens is 220 g/mol. The summed E-state index contributed by atoms with van der Waals surface area (Å²) in [6.07, 6.45) is 5.25. The van der Waals surface area contributed by atoms with Crippen LogP contribution in [0, 0.1) is 0 Å². The van der Waals surface area contributed by atoms with Gasteiger partial charge in [0.1, 0.15) is 11.4 Å². The smallest absolute Gasteiger partial charge is 0.345 e. The van der Waals surface area contributed by atoms with Gasteiger partial charge in [0, 0.05) is 19.2 Å². The Morgan fingerprint density at radius 3 is 3.06 bits per heavy atom. The first-order valence-corrected chi connectivity index (χ1v) is 6.00. The van der Waals surface area contributed by atoms with E-state index in [1.165, 1.54) is 6.20 Å². The number of fused-ring (bicyclic) bond motifs is 1. The second kappa shape index (κ2) is 5.12. The number of carbonyl (C=O) groups excluding carboxylic acids is 1. The molecule has 0 fully saturated rings.